The van der Waals surface area contributed by atoms with Crippen LogP contribution >= 0.6 is 0 Å². The number of nitrogens with one attached hydrogen (secondary N) is 1. The second-order valence-corrected chi connectivity index (χ2v) is 10.8. The van der Waals surface area contributed by atoms with E-state index < -0.39 is 16.1 Å². The molecule has 1 N–H and O–H groups in total. The Kier molecular flexibility index (Phi) is 10.8. The smallest absolute Gasteiger partial charge is 0.242 e. The van der Waals surface area contributed by atoms with E-state index in [-0.39, 0.29) is 24.8 Å². The van der Waals surface area contributed by atoms with E-state index in [0.717, 1.165) is 29.5 Å². The number of carbonyl (C=O) groups is 2. The fourth-order valence-electron chi connectivity index (χ4n) is 3.85. The topological polar surface area (TPSA) is 86.8 Å². The van der Waals surface area contributed by atoms with E-state index in [1.165, 1.54) is 10.6 Å². The Morgan fingerprint density at radius 1 is 1.03 bits per heavy atom. The van der Waals surface area contributed by atoms with Crippen LogP contribution in [0.2, 0.25) is 0 Å². The van der Waals surface area contributed by atoms with Crippen LogP contribution in [0.15, 0.2) is 48.5 Å². The Bertz CT molecular complexity index is 1080. The summed E-state index contributed by atoms with van der Waals surface area (Å²) in [5.41, 5.74) is 3.73. The second kappa shape index (κ2) is 13.3. The lowest BCUT2D eigenvalue weighted by atomic mass is 10.1. The summed E-state index contributed by atoms with van der Waals surface area (Å²) in [6.07, 6.45) is 3.33. The lowest BCUT2D eigenvalue weighted by molar-refractivity contribution is -0.140. The van der Waals surface area contributed by atoms with Gasteiger partial charge in [0.1, 0.15) is 6.04 Å². The quantitative estimate of drug-likeness (QED) is 0.449. The van der Waals surface area contributed by atoms with Crippen molar-refractivity contribution in [3.8, 4) is 0 Å². The first-order valence-corrected chi connectivity index (χ1v) is 14.1. The molecule has 8 heteroatoms. The molecule has 0 heterocycles. The molecule has 2 aromatic carbocycles. The Labute approximate surface area is 210 Å². The maximum absolute atomic E-state index is 13.3. The van der Waals surface area contributed by atoms with Crippen LogP contribution in [0.3, 0.4) is 0 Å². The highest BCUT2D eigenvalue weighted by Gasteiger charge is 2.26. The Balaban J connectivity index is 2.16. The molecule has 0 spiro atoms. The van der Waals surface area contributed by atoms with Crippen LogP contribution in [0.4, 0.5) is 5.69 Å². The zero-order chi connectivity index (χ0) is 26.0. The van der Waals surface area contributed by atoms with Crippen LogP contribution < -0.4 is 9.62 Å². The minimum Gasteiger partial charge on any atom is -0.354 e. The normalized spacial score (nSPS) is 12.1. The van der Waals surface area contributed by atoms with Gasteiger partial charge in [-0.1, -0.05) is 50.2 Å². The summed E-state index contributed by atoms with van der Waals surface area (Å²) in [5.74, 6) is -0.371. The molecule has 0 aliphatic rings. The lowest BCUT2D eigenvalue weighted by Gasteiger charge is -2.30. The van der Waals surface area contributed by atoms with E-state index in [2.05, 4.69) is 5.32 Å². The van der Waals surface area contributed by atoms with Crippen molar-refractivity contribution >= 4 is 27.5 Å². The van der Waals surface area contributed by atoms with Crippen molar-refractivity contribution in [1.82, 2.24) is 10.2 Å². The average molecular weight is 502 g/mol. The Morgan fingerprint density at radius 2 is 1.69 bits per heavy atom. The predicted molar refractivity (Wildman–Crippen MR) is 142 cm³/mol. The van der Waals surface area contributed by atoms with Gasteiger partial charge >= 0.3 is 0 Å². The van der Waals surface area contributed by atoms with Crippen molar-refractivity contribution in [2.75, 3.05) is 23.7 Å². The maximum Gasteiger partial charge on any atom is 0.242 e. The molecule has 2 amide bonds. The van der Waals surface area contributed by atoms with Gasteiger partial charge in [0.15, 0.2) is 0 Å². The highest BCUT2D eigenvalue weighted by molar-refractivity contribution is 7.92. The minimum atomic E-state index is -3.51. The van der Waals surface area contributed by atoms with Gasteiger partial charge in [0.05, 0.1) is 11.9 Å². The molecule has 0 fully saturated rings. The summed E-state index contributed by atoms with van der Waals surface area (Å²) < 4.78 is 26.2. The summed E-state index contributed by atoms with van der Waals surface area (Å²) in [6.45, 7) is 8.79. The third-order valence-electron chi connectivity index (χ3n) is 6.10. The highest BCUT2D eigenvalue weighted by atomic mass is 32.2. The zero-order valence-electron chi connectivity index (χ0n) is 21.6. The van der Waals surface area contributed by atoms with Crippen LogP contribution in [-0.2, 0) is 32.6 Å². The summed E-state index contributed by atoms with van der Waals surface area (Å²) in [4.78, 5) is 27.6. The number of anilines is 1. The molecule has 2 rings (SSSR count). The molecule has 0 unspecified atom stereocenters. The molecule has 0 aromatic heterocycles. The molecule has 0 aliphatic carbocycles. The minimum absolute atomic E-state index is 0.135. The fraction of sp³-hybridized carbons (Fsp3) is 0.481. The number of nitrogens with zero attached hydrogens (tertiary/aromatic N) is 2. The van der Waals surface area contributed by atoms with E-state index in [4.69, 9.17) is 0 Å². The first-order chi connectivity index (χ1) is 16.6. The molecule has 7 nitrogen and oxygen atoms in total. The van der Waals surface area contributed by atoms with Gasteiger partial charge in [-0.2, -0.15) is 0 Å². The van der Waals surface area contributed by atoms with Crippen molar-refractivity contribution in [2.45, 2.75) is 66.0 Å². The van der Waals surface area contributed by atoms with E-state index in [0.29, 0.717) is 25.2 Å². The Morgan fingerprint density at radius 3 is 2.26 bits per heavy atom. The molecule has 0 aliphatic heterocycles. The number of carbonyl (C=O) groups excluding carboxylic acids is 2. The maximum atomic E-state index is 13.3. The largest absolute Gasteiger partial charge is 0.354 e. The molecule has 2 aromatic rings. The van der Waals surface area contributed by atoms with Crippen molar-refractivity contribution in [3.63, 3.8) is 0 Å². The number of hydrogen-bond acceptors (Lipinski definition) is 4. The van der Waals surface area contributed by atoms with Gasteiger partial charge in [-0.05, 0) is 61.9 Å². The molecule has 192 valence electrons. The van der Waals surface area contributed by atoms with E-state index in [9.17, 15) is 18.0 Å². The van der Waals surface area contributed by atoms with Crippen molar-refractivity contribution in [2.24, 2.45) is 0 Å². The molecule has 0 saturated heterocycles. The fourth-order valence-corrected chi connectivity index (χ4v) is 4.82. The Hall–Kier alpha value is -2.87. The molecular weight excluding hydrogens is 462 g/mol. The molecule has 0 saturated carbocycles. The summed E-state index contributed by atoms with van der Waals surface area (Å²) in [6, 6.07) is 14.6. The molecule has 35 heavy (non-hydrogen) atoms. The SMILES string of the molecule is CCCNC(=O)[C@H](C)N(Cc1ccccc1C)C(=O)CCCN(c1ccc(CC)cc1)S(C)(=O)=O. The van der Waals surface area contributed by atoms with Gasteiger partial charge in [-0.3, -0.25) is 13.9 Å². The number of amides is 2. The number of rotatable bonds is 13. The van der Waals surface area contributed by atoms with Gasteiger partial charge in [0.25, 0.3) is 0 Å². The number of benzene rings is 2. The third kappa shape index (κ3) is 8.38. The molecular formula is C27H39N3O4S. The second-order valence-electron chi connectivity index (χ2n) is 8.87. The van der Waals surface area contributed by atoms with Crippen molar-refractivity contribution < 1.29 is 18.0 Å². The first-order valence-electron chi connectivity index (χ1n) is 12.3. The molecule has 0 radical (unpaired) electrons. The predicted octanol–water partition coefficient (Wildman–Crippen LogP) is 4.05. The van der Waals surface area contributed by atoms with E-state index >= 15 is 0 Å². The monoisotopic (exact) mass is 501 g/mol. The summed E-state index contributed by atoms with van der Waals surface area (Å²) in [5, 5.41) is 2.87. The van der Waals surface area contributed by atoms with Gasteiger partial charge in [-0.25, -0.2) is 8.42 Å². The highest BCUT2D eigenvalue weighted by Crippen LogP contribution is 2.20. The molecule has 0 bridgehead atoms. The van der Waals surface area contributed by atoms with Crippen LogP contribution in [0.1, 0.15) is 56.7 Å². The van der Waals surface area contributed by atoms with Gasteiger partial charge in [-0.15, -0.1) is 0 Å². The third-order valence-corrected chi connectivity index (χ3v) is 7.30. The summed E-state index contributed by atoms with van der Waals surface area (Å²) >= 11 is 0. The standard InChI is InChI=1S/C27H39N3O4S/c1-6-18-28-27(32)22(4)29(20-24-12-9-8-11-21(24)3)26(31)13-10-19-30(35(5,33)34)25-16-14-23(7-2)15-17-25/h8-9,11-12,14-17,22H,6-7,10,13,18-20H2,1-5H3,(H,28,32)/t22-/m0/s1. The van der Waals surface area contributed by atoms with Gasteiger partial charge in [0, 0.05) is 26.1 Å². The van der Waals surface area contributed by atoms with Crippen molar-refractivity contribution in [3.05, 3.63) is 65.2 Å². The van der Waals surface area contributed by atoms with Gasteiger partial charge < -0.3 is 10.2 Å². The number of hydrogen-bond donors (Lipinski definition) is 1. The van der Waals surface area contributed by atoms with E-state index in [1.807, 2.05) is 57.2 Å². The number of aryl methyl sites for hydroxylation is 2. The summed E-state index contributed by atoms with van der Waals surface area (Å²) in [7, 11) is -3.51. The average Bonchev–Trinajstić information content (AvgIpc) is 2.83. The van der Waals surface area contributed by atoms with Crippen LogP contribution in [0, 0.1) is 6.92 Å². The van der Waals surface area contributed by atoms with E-state index in [1.54, 1.807) is 24.0 Å². The van der Waals surface area contributed by atoms with Crippen LogP contribution in [-0.4, -0.2) is 50.5 Å². The molecule has 1 atom stereocenters. The number of sulfonamides is 1. The van der Waals surface area contributed by atoms with Crippen LogP contribution in [0.5, 0.6) is 0 Å². The van der Waals surface area contributed by atoms with Crippen molar-refractivity contribution in [1.29, 1.82) is 0 Å². The lowest BCUT2D eigenvalue weighted by Crippen LogP contribution is -2.48. The first kappa shape index (κ1) is 28.4. The zero-order valence-corrected chi connectivity index (χ0v) is 22.4. The van der Waals surface area contributed by atoms with Crippen LogP contribution in [0.25, 0.3) is 0 Å². The van der Waals surface area contributed by atoms with Gasteiger partial charge in [0.2, 0.25) is 21.8 Å².